The first-order valence-electron chi connectivity index (χ1n) is 4.32. The highest BCUT2D eigenvalue weighted by atomic mass is 16.4. The molecule has 4 nitrogen and oxygen atoms in total. The summed E-state index contributed by atoms with van der Waals surface area (Å²) in [5.41, 5.74) is -1.87. The smallest absolute Gasteiger partial charge is 0.336 e. The van der Waals surface area contributed by atoms with Crippen LogP contribution in [0.5, 0.6) is 0 Å². The van der Waals surface area contributed by atoms with Crippen molar-refractivity contribution in [2.24, 2.45) is 5.92 Å². The second-order valence-corrected chi connectivity index (χ2v) is 3.64. The number of carbonyl (C=O) groups is 2. The highest BCUT2D eigenvalue weighted by molar-refractivity contribution is 5.80. The molecule has 0 fully saturated rings. The molecule has 13 heavy (non-hydrogen) atoms. The maximum absolute atomic E-state index is 10.6. The Bertz CT molecular complexity index is 188. The van der Waals surface area contributed by atoms with Crippen LogP contribution in [0.3, 0.4) is 0 Å². The van der Waals surface area contributed by atoms with Crippen LogP contribution in [0, 0.1) is 5.92 Å². The van der Waals surface area contributed by atoms with Gasteiger partial charge in [-0.25, -0.2) is 4.79 Å². The number of aliphatic carboxylic acids is 1. The number of carboxylic acid groups (broad SMARTS) is 1. The van der Waals surface area contributed by atoms with E-state index in [4.69, 9.17) is 5.11 Å². The number of carboxylic acids is 1. The van der Waals surface area contributed by atoms with Gasteiger partial charge in [0.2, 0.25) is 0 Å². The van der Waals surface area contributed by atoms with Gasteiger partial charge in [-0.3, -0.25) is 0 Å². The van der Waals surface area contributed by atoms with Gasteiger partial charge in [0.05, 0.1) is 0 Å². The van der Waals surface area contributed by atoms with Crippen LogP contribution in [0.15, 0.2) is 0 Å². The Morgan fingerprint density at radius 3 is 2.38 bits per heavy atom. The minimum Gasteiger partial charge on any atom is -0.479 e. The number of hydrogen-bond acceptors (Lipinski definition) is 3. The van der Waals surface area contributed by atoms with Crippen molar-refractivity contribution in [3.8, 4) is 0 Å². The van der Waals surface area contributed by atoms with E-state index in [1.54, 1.807) is 0 Å². The molecule has 0 bridgehead atoms. The van der Waals surface area contributed by atoms with Gasteiger partial charge in [0, 0.05) is 6.42 Å². The van der Waals surface area contributed by atoms with E-state index in [-0.39, 0.29) is 12.8 Å². The summed E-state index contributed by atoms with van der Waals surface area (Å²) in [5.74, 6) is -1.00. The van der Waals surface area contributed by atoms with Gasteiger partial charge < -0.3 is 15.0 Å². The molecule has 4 heteroatoms. The van der Waals surface area contributed by atoms with E-state index in [2.05, 4.69) is 0 Å². The third kappa shape index (κ3) is 4.03. The Hall–Kier alpha value is -0.900. The molecule has 0 aliphatic rings. The lowest BCUT2D eigenvalue weighted by molar-refractivity contribution is -0.161. The molecule has 2 N–H and O–H groups in total. The molecule has 0 aromatic rings. The van der Waals surface area contributed by atoms with Crippen molar-refractivity contribution in [1.29, 1.82) is 0 Å². The lowest BCUT2D eigenvalue weighted by Gasteiger charge is -2.21. The van der Waals surface area contributed by atoms with Crippen molar-refractivity contribution in [3.05, 3.63) is 0 Å². The summed E-state index contributed by atoms with van der Waals surface area (Å²) in [5, 5.41) is 18.2. The zero-order valence-electron chi connectivity index (χ0n) is 7.99. The van der Waals surface area contributed by atoms with Gasteiger partial charge in [0.25, 0.3) is 0 Å². The third-order valence-electron chi connectivity index (χ3n) is 1.95. The summed E-state index contributed by atoms with van der Waals surface area (Å²) >= 11 is 0. The van der Waals surface area contributed by atoms with Crippen molar-refractivity contribution >= 4 is 12.3 Å². The molecule has 1 atom stereocenters. The predicted molar refractivity (Wildman–Crippen MR) is 47.3 cm³/mol. The molecule has 0 spiro atoms. The standard InChI is InChI=1S/C9H16O4/c1-7(2)3-4-9(13,5-6-10)8(11)12/h6-7,13H,3-5H2,1-2H3,(H,11,12). The first-order chi connectivity index (χ1) is 5.92. The van der Waals surface area contributed by atoms with Crippen LogP contribution in [-0.2, 0) is 9.59 Å². The van der Waals surface area contributed by atoms with Crippen molar-refractivity contribution in [1.82, 2.24) is 0 Å². The molecule has 0 heterocycles. The van der Waals surface area contributed by atoms with E-state index in [9.17, 15) is 14.7 Å². The summed E-state index contributed by atoms with van der Waals surface area (Å²) in [4.78, 5) is 20.8. The second-order valence-electron chi connectivity index (χ2n) is 3.64. The summed E-state index contributed by atoms with van der Waals surface area (Å²) in [6.07, 6.45) is 0.818. The number of hydrogen-bond donors (Lipinski definition) is 2. The van der Waals surface area contributed by atoms with Crippen molar-refractivity contribution in [2.45, 2.75) is 38.7 Å². The molecule has 0 amide bonds. The van der Waals surface area contributed by atoms with Crippen molar-refractivity contribution < 1.29 is 19.8 Å². The lowest BCUT2D eigenvalue weighted by atomic mass is 9.91. The lowest BCUT2D eigenvalue weighted by Crippen LogP contribution is -2.39. The number of aliphatic hydroxyl groups is 1. The monoisotopic (exact) mass is 188 g/mol. The summed E-state index contributed by atoms with van der Waals surface area (Å²) in [6, 6.07) is 0. The van der Waals surface area contributed by atoms with Crippen LogP contribution in [0.4, 0.5) is 0 Å². The Labute approximate surface area is 77.6 Å². The maximum atomic E-state index is 10.6. The van der Waals surface area contributed by atoms with Crippen LogP contribution >= 0.6 is 0 Å². The van der Waals surface area contributed by atoms with E-state index in [0.717, 1.165) is 0 Å². The van der Waals surface area contributed by atoms with Crippen LogP contribution < -0.4 is 0 Å². The molecular weight excluding hydrogens is 172 g/mol. The minimum absolute atomic E-state index is 0.124. The summed E-state index contributed by atoms with van der Waals surface area (Å²) in [6.45, 7) is 3.87. The molecule has 0 aromatic heterocycles. The van der Waals surface area contributed by atoms with Gasteiger partial charge in [-0.1, -0.05) is 13.8 Å². The zero-order valence-corrected chi connectivity index (χ0v) is 7.99. The van der Waals surface area contributed by atoms with Crippen LogP contribution in [0.1, 0.15) is 33.1 Å². The first-order valence-corrected chi connectivity index (χ1v) is 4.32. The van der Waals surface area contributed by atoms with Crippen LogP contribution in [0.25, 0.3) is 0 Å². The molecular formula is C9H16O4. The van der Waals surface area contributed by atoms with E-state index in [1.165, 1.54) is 0 Å². The first kappa shape index (κ1) is 12.1. The van der Waals surface area contributed by atoms with Crippen LogP contribution in [0.2, 0.25) is 0 Å². The minimum atomic E-state index is -1.87. The van der Waals surface area contributed by atoms with E-state index < -0.39 is 11.6 Å². The van der Waals surface area contributed by atoms with Crippen molar-refractivity contribution in [2.75, 3.05) is 0 Å². The topological polar surface area (TPSA) is 74.6 Å². The third-order valence-corrected chi connectivity index (χ3v) is 1.95. The SMILES string of the molecule is CC(C)CCC(O)(CC=O)C(=O)O. The van der Waals surface area contributed by atoms with Crippen molar-refractivity contribution in [3.63, 3.8) is 0 Å². The quantitative estimate of drug-likeness (QED) is 0.605. The average Bonchev–Trinajstić information content (AvgIpc) is 2.01. The molecule has 0 aliphatic carbocycles. The van der Waals surface area contributed by atoms with Gasteiger partial charge in [0.15, 0.2) is 5.60 Å². The Balaban J connectivity index is 4.23. The van der Waals surface area contributed by atoms with Gasteiger partial charge in [0.1, 0.15) is 6.29 Å². The van der Waals surface area contributed by atoms with Gasteiger partial charge in [-0.2, -0.15) is 0 Å². The van der Waals surface area contributed by atoms with E-state index in [1.807, 2.05) is 13.8 Å². The average molecular weight is 188 g/mol. The zero-order chi connectivity index (χ0) is 10.5. The normalized spacial score (nSPS) is 15.4. The Kier molecular flexibility index (Phi) is 4.62. The van der Waals surface area contributed by atoms with E-state index >= 15 is 0 Å². The number of aldehydes is 1. The summed E-state index contributed by atoms with van der Waals surface area (Å²) in [7, 11) is 0. The Morgan fingerprint density at radius 1 is 1.54 bits per heavy atom. The fourth-order valence-electron chi connectivity index (χ4n) is 0.962. The molecule has 0 aliphatic heterocycles. The van der Waals surface area contributed by atoms with Gasteiger partial charge >= 0.3 is 5.97 Å². The highest BCUT2D eigenvalue weighted by Crippen LogP contribution is 2.19. The fourth-order valence-corrected chi connectivity index (χ4v) is 0.962. The molecule has 76 valence electrons. The van der Waals surface area contributed by atoms with Crippen LogP contribution in [-0.4, -0.2) is 28.1 Å². The summed E-state index contributed by atoms with van der Waals surface area (Å²) < 4.78 is 0. The van der Waals surface area contributed by atoms with E-state index in [0.29, 0.717) is 18.6 Å². The number of rotatable bonds is 6. The molecule has 0 radical (unpaired) electrons. The maximum Gasteiger partial charge on any atom is 0.336 e. The number of carbonyl (C=O) groups excluding carboxylic acids is 1. The van der Waals surface area contributed by atoms with Gasteiger partial charge in [-0.15, -0.1) is 0 Å². The molecule has 0 saturated heterocycles. The molecule has 0 saturated carbocycles. The van der Waals surface area contributed by atoms with Gasteiger partial charge in [-0.05, 0) is 18.8 Å². The molecule has 0 aromatic carbocycles. The molecule has 1 unspecified atom stereocenters. The highest BCUT2D eigenvalue weighted by Gasteiger charge is 2.34. The fraction of sp³-hybridized carbons (Fsp3) is 0.778. The molecule has 0 rings (SSSR count). The second kappa shape index (κ2) is 4.97. The largest absolute Gasteiger partial charge is 0.479 e. The predicted octanol–water partition coefficient (Wildman–Crippen LogP) is 0.827. The Morgan fingerprint density at radius 2 is 2.08 bits per heavy atom.